The minimum atomic E-state index is -0.409. The molecule has 0 aromatic heterocycles. The summed E-state index contributed by atoms with van der Waals surface area (Å²) in [6, 6.07) is 21.9. The third-order valence-electron chi connectivity index (χ3n) is 7.55. The van der Waals surface area contributed by atoms with Gasteiger partial charge in [-0.2, -0.15) is 0 Å². The standard InChI is InChI=1S/C30H23Cl2NO2/c1-16-3-7-18(8-4-16)25(19-9-5-17(2)6-10-19)26-21-12-13-22(26)28-27(21)29(34)33(30(28)35)20-11-14-23(31)24(32)15-20/h3-15,21-22,27-28H,1-2H3/t21-,22-,27+,28+/m1/s1. The molecule has 0 N–H and O–H groups in total. The van der Waals surface area contributed by atoms with Gasteiger partial charge in [0, 0.05) is 11.8 Å². The second kappa shape index (κ2) is 8.22. The van der Waals surface area contributed by atoms with Crippen molar-refractivity contribution < 1.29 is 9.59 Å². The highest BCUT2D eigenvalue weighted by Gasteiger charge is 2.62. The van der Waals surface area contributed by atoms with E-state index in [1.165, 1.54) is 21.6 Å². The van der Waals surface area contributed by atoms with Gasteiger partial charge in [-0.3, -0.25) is 9.59 Å². The number of imide groups is 1. The number of rotatable bonds is 3. The highest BCUT2D eigenvalue weighted by atomic mass is 35.5. The third-order valence-corrected chi connectivity index (χ3v) is 8.29. The highest BCUT2D eigenvalue weighted by molar-refractivity contribution is 6.42. The van der Waals surface area contributed by atoms with E-state index in [-0.39, 0.29) is 23.7 Å². The lowest BCUT2D eigenvalue weighted by atomic mass is 9.85. The van der Waals surface area contributed by atoms with Crippen LogP contribution in [-0.4, -0.2) is 11.8 Å². The molecule has 2 aliphatic carbocycles. The second-order valence-electron chi connectivity index (χ2n) is 9.66. The zero-order valence-electron chi connectivity index (χ0n) is 19.3. The average molecular weight is 500 g/mol. The van der Waals surface area contributed by atoms with E-state index in [0.29, 0.717) is 15.7 Å². The number of carbonyl (C=O) groups excluding carboxylic acids is 2. The fourth-order valence-corrected chi connectivity index (χ4v) is 6.21. The number of hydrogen-bond acceptors (Lipinski definition) is 2. The van der Waals surface area contributed by atoms with Crippen LogP contribution in [0.25, 0.3) is 5.57 Å². The summed E-state index contributed by atoms with van der Waals surface area (Å²) in [4.78, 5) is 28.7. The normalized spacial score (nSPS) is 24.5. The van der Waals surface area contributed by atoms with E-state index in [1.54, 1.807) is 18.2 Å². The second-order valence-corrected chi connectivity index (χ2v) is 10.5. The van der Waals surface area contributed by atoms with Gasteiger partial charge in [0.15, 0.2) is 0 Å². The predicted octanol–water partition coefficient (Wildman–Crippen LogP) is 7.03. The van der Waals surface area contributed by atoms with E-state index in [4.69, 9.17) is 23.2 Å². The summed E-state index contributed by atoms with van der Waals surface area (Å²) < 4.78 is 0. The van der Waals surface area contributed by atoms with Crippen LogP contribution in [0, 0.1) is 37.5 Å². The summed E-state index contributed by atoms with van der Waals surface area (Å²) in [7, 11) is 0. The lowest BCUT2D eigenvalue weighted by molar-refractivity contribution is -0.122. The number of hydrogen-bond donors (Lipinski definition) is 0. The molecule has 1 aliphatic heterocycles. The molecule has 2 bridgehead atoms. The largest absolute Gasteiger partial charge is 0.274 e. The van der Waals surface area contributed by atoms with E-state index in [9.17, 15) is 9.59 Å². The van der Waals surface area contributed by atoms with Crippen LogP contribution in [0.4, 0.5) is 5.69 Å². The Kier molecular flexibility index (Phi) is 5.24. The van der Waals surface area contributed by atoms with Crippen LogP contribution in [0.2, 0.25) is 10.0 Å². The molecular formula is C30H23Cl2NO2. The van der Waals surface area contributed by atoms with Crippen LogP contribution in [0.1, 0.15) is 22.3 Å². The zero-order valence-corrected chi connectivity index (χ0v) is 20.8. The first-order valence-corrected chi connectivity index (χ1v) is 12.5. The lowest BCUT2D eigenvalue weighted by Gasteiger charge is -2.22. The molecule has 0 spiro atoms. The fourth-order valence-electron chi connectivity index (χ4n) is 5.92. The van der Waals surface area contributed by atoms with Crippen molar-refractivity contribution in [1.82, 2.24) is 0 Å². The van der Waals surface area contributed by atoms with Crippen molar-refractivity contribution in [2.75, 3.05) is 4.90 Å². The van der Waals surface area contributed by atoms with Crippen molar-refractivity contribution in [2.45, 2.75) is 13.8 Å². The Morgan fingerprint density at radius 3 is 1.63 bits per heavy atom. The summed E-state index contributed by atoms with van der Waals surface area (Å²) >= 11 is 12.3. The molecular weight excluding hydrogens is 477 g/mol. The SMILES string of the molecule is Cc1ccc(C(=C2[C@H]3C=C[C@H]2[C@@H]2C(=O)N(c4ccc(Cl)c(Cl)c4)C(=O)[C@H]23)c2ccc(C)cc2)cc1. The smallest absolute Gasteiger partial charge is 0.238 e. The fraction of sp³-hybridized carbons (Fsp3) is 0.200. The molecule has 5 heteroatoms. The third kappa shape index (κ3) is 3.41. The monoisotopic (exact) mass is 499 g/mol. The molecule has 35 heavy (non-hydrogen) atoms. The summed E-state index contributed by atoms with van der Waals surface area (Å²) in [6.07, 6.45) is 4.24. The first-order valence-electron chi connectivity index (χ1n) is 11.7. The van der Waals surface area contributed by atoms with Crippen molar-refractivity contribution in [2.24, 2.45) is 23.7 Å². The van der Waals surface area contributed by atoms with Crippen LogP contribution in [0.15, 0.2) is 84.5 Å². The van der Waals surface area contributed by atoms with E-state index >= 15 is 0 Å². The van der Waals surface area contributed by atoms with Crippen LogP contribution < -0.4 is 4.90 Å². The molecule has 174 valence electrons. The molecule has 0 unspecified atom stereocenters. The van der Waals surface area contributed by atoms with Gasteiger partial charge in [-0.1, -0.05) is 95.0 Å². The van der Waals surface area contributed by atoms with Gasteiger partial charge in [-0.05, 0) is 54.3 Å². The van der Waals surface area contributed by atoms with Gasteiger partial charge >= 0.3 is 0 Å². The Balaban J connectivity index is 1.48. The van der Waals surface area contributed by atoms with E-state index in [0.717, 1.165) is 16.7 Å². The maximum Gasteiger partial charge on any atom is 0.238 e. The Hall–Kier alpha value is -3.14. The molecule has 2 fully saturated rings. The number of carbonyl (C=O) groups is 2. The summed E-state index contributed by atoms with van der Waals surface area (Å²) in [5.74, 6) is -1.39. The predicted molar refractivity (Wildman–Crippen MR) is 140 cm³/mol. The summed E-state index contributed by atoms with van der Waals surface area (Å²) in [6.45, 7) is 4.14. The summed E-state index contributed by atoms with van der Waals surface area (Å²) in [5, 5.41) is 0.715. The Labute approximate surface area is 214 Å². The van der Waals surface area contributed by atoms with Crippen LogP contribution in [-0.2, 0) is 9.59 Å². The van der Waals surface area contributed by atoms with Gasteiger partial charge in [-0.25, -0.2) is 4.90 Å². The maximum atomic E-state index is 13.7. The first-order chi connectivity index (χ1) is 16.8. The first kappa shape index (κ1) is 22.3. The van der Waals surface area contributed by atoms with Gasteiger partial charge in [0.25, 0.3) is 0 Å². The molecule has 1 saturated carbocycles. The van der Waals surface area contributed by atoms with Crippen LogP contribution in [0.3, 0.4) is 0 Å². The molecule has 4 atom stereocenters. The average Bonchev–Trinajstić information content (AvgIpc) is 3.48. The molecule has 3 aliphatic rings. The molecule has 1 saturated heterocycles. The molecule has 6 rings (SSSR count). The topological polar surface area (TPSA) is 37.4 Å². The van der Waals surface area contributed by atoms with Crippen molar-refractivity contribution >= 4 is 46.3 Å². The molecule has 1 heterocycles. The molecule has 3 aromatic carbocycles. The molecule has 0 radical (unpaired) electrons. The number of halogens is 2. The van der Waals surface area contributed by atoms with Crippen molar-refractivity contribution in [3.8, 4) is 0 Å². The minimum Gasteiger partial charge on any atom is -0.274 e. The Morgan fingerprint density at radius 2 is 1.17 bits per heavy atom. The van der Waals surface area contributed by atoms with Crippen LogP contribution >= 0.6 is 23.2 Å². The van der Waals surface area contributed by atoms with E-state index in [1.807, 2.05) is 0 Å². The Morgan fingerprint density at radius 1 is 0.686 bits per heavy atom. The van der Waals surface area contributed by atoms with Crippen molar-refractivity contribution in [3.63, 3.8) is 0 Å². The number of aryl methyl sites for hydroxylation is 2. The van der Waals surface area contributed by atoms with Gasteiger partial charge < -0.3 is 0 Å². The summed E-state index contributed by atoms with van der Waals surface area (Å²) in [5.41, 5.74) is 7.36. The van der Waals surface area contributed by atoms with Crippen molar-refractivity contribution in [3.05, 3.63) is 117 Å². The number of fused-ring (bicyclic) bond motifs is 5. The van der Waals surface area contributed by atoms with E-state index < -0.39 is 11.8 Å². The zero-order chi connectivity index (χ0) is 24.4. The van der Waals surface area contributed by atoms with Gasteiger partial charge in [0.1, 0.15) is 0 Å². The molecule has 2 amide bonds. The number of anilines is 1. The van der Waals surface area contributed by atoms with Gasteiger partial charge in [0.2, 0.25) is 11.8 Å². The lowest BCUT2D eigenvalue weighted by Crippen LogP contribution is -2.33. The number of nitrogens with zero attached hydrogens (tertiary/aromatic N) is 1. The van der Waals surface area contributed by atoms with Gasteiger partial charge in [0.05, 0.1) is 27.6 Å². The van der Waals surface area contributed by atoms with Gasteiger partial charge in [-0.15, -0.1) is 0 Å². The quantitative estimate of drug-likeness (QED) is 0.286. The minimum absolute atomic E-state index is 0.119. The number of allylic oxidation sites excluding steroid dienone is 3. The molecule has 3 nitrogen and oxygen atoms in total. The van der Waals surface area contributed by atoms with E-state index in [2.05, 4.69) is 74.5 Å². The van der Waals surface area contributed by atoms with Crippen molar-refractivity contribution in [1.29, 1.82) is 0 Å². The highest BCUT2D eigenvalue weighted by Crippen LogP contribution is 2.59. The maximum absolute atomic E-state index is 13.7. The van der Waals surface area contributed by atoms with Crippen LogP contribution in [0.5, 0.6) is 0 Å². The molecule has 3 aromatic rings. The number of amides is 2. The Bertz CT molecular complexity index is 1350. The number of benzene rings is 3.